The van der Waals surface area contributed by atoms with E-state index in [0.717, 1.165) is 11.1 Å². The molecule has 1 nitrogen and oxygen atoms in total. The third-order valence-corrected chi connectivity index (χ3v) is 4.35. The van der Waals surface area contributed by atoms with Crippen molar-refractivity contribution in [3.8, 4) is 0 Å². The highest BCUT2D eigenvalue weighted by Gasteiger charge is 2.17. The van der Waals surface area contributed by atoms with E-state index in [1.807, 2.05) is 13.1 Å². The highest BCUT2D eigenvalue weighted by atomic mass is 79.9. The fourth-order valence-electron chi connectivity index (χ4n) is 2.32. The van der Waals surface area contributed by atoms with Gasteiger partial charge < -0.3 is 5.32 Å². The molecule has 0 spiro atoms. The first kappa shape index (κ1) is 15.2. The number of hydrogen-bond donors (Lipinski definition) is 1. The third-order valence-electron chi connectivity index (χ3n) is 3.52. The number of benzene rings is 2. The van der Waals surface area contributed by atoms with Gasteiger partial charge in [0.1, 0.15) is 5.82 Å². The monoisotopic (exact) mass is 335 g/mol. The molecule has 106 valence electrons. The first-order valence-corrected chi connectivity index (χ1v) is 7.55. The molecule has 0 bridgehead atoms. The van der Waals surface area contributed by atoms with Gasteiger partial charge in [0.15, 0.2) is 0 Å². The fraction of sp³-hybridized carbons (Fsp3) is 0.294. The van der Waals surface area contributed by atoms with Crippen molar-refractivity contribution >= 4 is 15.9 Å². The summed E-state index contributed by atoms with van der Waals surface area (Å²) < 4.78 is 14.2. The van der Waals surface area contributed by atoms with E-state index < -0.39 is 0 Å². The molecule has 1 unspecified atom stereocenters. The van der Waals surface area contributed by atoms with Gasteiger partial charge in [-0.3, -0.25) is 0 Å². The van der Waals surface area contributed by atoms with Crippen LogP contribution in [0.15, 0.2) is 46.9 Å². The third kappa shape index (κ3) is 3.10. The van der Waals surface area contributed by atoms with E-state index in [1.165, 1.54) is 11.6 Å². The van der Waals surface area contributed by atoms with E-state index in [2.05, 4.69) is 59.4 Å². The van der Waals surface area contributed by atoms with E-state index >= 15 is 0 Å². The predicted octanol–water partition coefficient (Wildman–Crippen LogP) is 5.02. The van der Waals surface area contributed by atoms with Gasteiger partial charge in [0.25, 0.3) is 0 Å². The molecule has 0 saturated carbocycles. The highest BCUT2D eigenvalue weighted by Crippen LogP contribution is 2.30. The zero-order chi connectivity index (χ0) is 14.7. The molecule has 0 radical (unpaired) electrons. The SMILES string of the molecule is CNC(c1ccc(C(C)C)cc1)c1cccc(F)c1Br. The van der Waals surface area contributed by atoms with Gasteiger partial charge >= 0.3 is 0 Å². The molecule has 1 atom stereocenters. The van der Waals surface area contributed by atoms with Gasteiger partial charge in [-0.25, -0.2) is 4.39 Å². The van der Waals surface area contributed by atoms with Crippen molar-refractivity contribution in [2.24, 2.45) is 0 Å². The van der Waals surface area contributed by atoms with E-state index in [9.17, 15) is 4.39 Å². The molecular weight excluding hydrogens is 317 g/mol. The second-order valence-corrected chi connectivity index (χ2v) is 5.98. The predicted molar refractivity (Wildman–Crippen MR) is 85.5 cm³/mol. The first-order valence-electron chi connectivity index (χ1n) is 6.75. The molecule has 0 saturated heterocycles. The summed E-state index contributed by atoms with van der Waals surface area (Å²) in [7, 11) is 1.89. The highest BCUT2D eigenvalue weighted by molar-refractivity contribution is 9.10. The molecule has 2 rings (SSSR count). The normalized spacial score (nSPS) is 12.7. The lowest BCUT2D eigenvalue weighted by atomic mass is 9.95. The maximum absolute atomic E-state index is 13.7. The van der Waals surface area contributed by atoms with Gasteiger partial charge in [0.05, 0.1) is 10.5 Å². The van der Waals surface area contributed by atoms with Crippen LogP contribution in [0.3, 0.4) is 0 Å². The summed E-state index contributed by atoms with van der Waals surface area (Å²) in [5, 5.41) is 3.25. The van der Waals surface area contributed by atoms with E-state index in [0.29, 0.717) is 10.4 Å². The van der Waals surface area contributed by atoms with Gasteiger partial charge in [-0.15, -0.1) is 0 Å². The fourth-order valence-corrected chi connectivity index (χ4v) is 2.81. The summed E-state index contributed by atoms with van der Waals surface area (Å²) in [4.78, 5) is 0. The Hall–Kier alpha value is -1.19. The Labute approximate surface area is 128 Å². The van der Waals surface area contributed by atoms with E-state index in [-0.39, 0.29) is 11.9 Å². The second kappa shape index (κ2) is 6.51. The maximum Gasteiger partial charge on any atom is 0.137 e. The number of hydrogen-bond acceptors (Lipinski definition) is 1. The minimum absolute atomic E-state index is 0.0266. The van der Waals surface area contributed by atoms with Crippen molar-refractivity contribution in [3.63, 3.8) is 0 Å². The standard InChI is InChI=1S/C17H19BrFN/c1-11(2)12-7-9-13(10-8-12)17(20-3)14-5-4-6-15(19)16(14)18/h4-11,17,20H,1-3H3. The molecule has 0 fully saturated rings. The van der Waals surface area contributed by atoms with Crippen LogP contribution in [-0.2, 0) is 0 Å². The summed E-state index contributed by atoms with van der Waals surface area (Å²) in [6.07, 6.45) is 0. The molecule has 0 heterocycles. The summed E-state index contributed by atoms with van der Waals surface area (Å²) >= 11 is 3.34. The van der Waals surface area contributed by atoms with Gasteiger partial charge in [0.2, 0.25) is 0 Å². The van der Waals surface area contributed by atoms with Crippen LogP contribution in [0.5, 0.6) is 0 Å². The molecule has 2 aromatic rings. The van der Waals surface area contributed by atoms with E-state index in [1.54, 1.807) is 6.07 Å². The van der Waals surface area contributed by atoms with Crippen LogP contribution in [0.1, 0.15) is 42.5 Å². The topological polar surface area (TPSA) is 12.0 Å². The first-order chi connectivity index (χ1) is 9.54. The van der Waals surface area contributed by atoms with Gasteiger partial charge in [0, 0.05) is 0 Å². The molecule has 0 aromatic heterocycles. The average Bonchev–Trinajstić information content (AvgIpc) is 2.45. The van der Waals surface area contributed by atoms with Crippen molar-refractivity contribution in [1.82, 2.24) is 5.32 Å². The van der Waals surface area contributed by atoms with Crippen molar-refractivity contribution < 1.29 is 4.39 Å². The molecular formula is C17H19BrFN. The van der Waals surface area contributed by atoms with Crippen LogP contribution in [0.4, 0.5) is 4.39 Å². The van der Waals surface area contributed by atoms with Crippen LogP contribution in [0, 0.1) is 5.82 Å². The molecule has 0 aliphatic heterocycles. The maximum atomic E-state index is 13.7. The van der Waals surface area contributed by atoms with Gasteiger partial charge in [-0.05, 0) is 51.7 Å². The number of rotatable bonds is 4. The smallest absolute Gasteiger partial charge is 0.137 e. The largest absolute Gasteiger partial charge is 0.309 e. The summed E-state index contributed by atoms with van der Waals surface area (Å²) in [6, 6.07) is 13.6. The van der Waals surface area contributed by atoms with Crippen LogP contribution in [0.25, 0.3) is 0 Å². The molecule has 0 aliphatic rings. The Balaban J connectivity index is 2.39. The Morgan fingerprint density at radius 2 is 1.60 bits per heavy atom. The number of nitrogens with one attached hydrogen (secondary N) is 1. The Bertz CT molecular complexity index is 578. The molecule has 0 amide bonds. The Kier molecular flexibility index (Phi) is 4.95. The van der Waals surface area contributed by atoms with Crippen molar-refractivity contribution in [2.45, 2.75) is 25.8 Å². The molecule has 3 heteroatoms. The Morgan fingerprint density at radius 3 is 2.15 bits per heavy atom. The van der Waals surface area contributed by atoms with Crippen LogP contribution in [-0.4, -0.2) is 7.05 Å². The quantitative estimate of drug-likeness (QED) is 0.827. The summed E-state index contributed by atoms with van der Waals surface area (Å²) in [5.74, 6) is 0.277. The molecule has 2 aromatic carbocycles. The number of halogens is 2. The molecule has 1 N–H and O–H groups in total. The molecule has 20 heavy (non-hydrogen) atoms. The summed E-state index contributed by atoms with van der Waals surface area (Å²) in [6.45, 7) is 4.35. The average molecular weight is 336 g/mol. The van der Waals surface area contributed by atoms with Crippen molar-refractivity contribution in [2.75, 3.05) is 7.05 Å². The van der Waals surface area contributed by atoms with Crippen LogP contribution in [0.2, 0.25) is 0 Å². The van der Waals surface area contributed by atoms with Crippen LogP contribution >= 0.6 is 15.9 Å². The lowest BCUT2D eigenvalue weighted by molar-refractivity contribution is 0.608. The van der Waals surface area contributed by atoms with Gasteiger partial charge in [-0.1, -0.05) is 50.2 Å². The summed E-state index contributed by atoms with van der Waals surface area (Å²) in [5.41, 5.74) is 3.34. The van der Waals surface area contributed by atoms with E-state index in [4.69, 9.17) is 0 Å². The van der Waals surface area contributed by atoms with Crippen molar-refractivity contribution in [1.29, 1.82) is 0 Å². The Morgan fingerprint density at radius 1 is 1.00 bits per heavy atom. The lowest BCUT2D eigenvalue weighted by Crippen LogP contribution is -2.18. The zero-order valence-corrected chi connectivity index (χ0v) is 13.5. The van der Waals surface area contributed by atoms with Crippen LogP contribution < -0.4 is 5.32 Å². The molecule has 0 aliphatic carbocycles. The minimum Gasteiger partial charge on any atom is -0.309 e. The van der Waals surface area contributed by atoms with Gasteiger partial charge in [-0.2, -0.15) is 0 Å². The second-order valence-electron chi connectivity index (χ2n) is 5.19. The lowest BCUT2D eigenvalue weighted by Gasteiger charge is -2.19. The van der Waals surface area contributed by atoms with Crippen molar-refractivity contribution in [3.05, 3.63) is 69.4 Å². The minimum atomic E-state index is -0.235. The zero-order valence-electron chi connectivity index (χ0n) is 12.0.